The lowest BCUT2D eigenvalue weighted by molar-refractivity contribution is 0.922. The fourth-order valence-electron chi connectivity index (χ4n) is 1.57. The fourth-order valence-corrected chi connectivity index (χ4v) is 2.55. The zero-order valence-electron chi connectivity index (χ0n) is 6.93. The van der Waals surface area contributed by atoms with Gasteiger partial charge in [-0.25, -0.2) is 0 Å². The molecule has 1 fully saturated rings. The number of alkyl halides is 1. The Morgan fingerprint density at radius 3 is 2.62 bits per heavy atom. The molecule has 0 radical (unpaired) electrons. The lowest BCUT2D eigenvalue weighted by Gasteiger charge is -2.01. The Labute approximate surface area is 99.9 Å². The van der Waals surface area contributed by atoms with Crippen LogP contribution in [0.4, 0.5) is 0 Å². The second-order valence-corrected chi connectivity index (χ2v) is 5.45. The van der Waals surface area contributed by atoms with E-state index in [1.165, 1.54) is 12.0 Å². The van der Waals surface area contributed by atoms with Gasteiger partial charge in [0.05, 0.1) is 0 Å². The first-order valence-electron chi connectivity index (χ1n) is 4.23. The van der Waals surface area contributed by atoms with E-state index in [4.69, 9.17) is 11.6 Å². The molecule has 0 aliphatic heterocycles. The highest BCUT2D eigenvalue weighted by atomic mass is 79.9. The predicted molar refractivity (Wildman–Crippen MR) is 63.4 cm³/mol. The molecule has 2 rings (SSSR count). The molecule has 70 valence electrons. The summed E-state index contributed by atoms with van der Waals surface area (Å²) >= 11 is 12.8. The molecule has 0 bridgehead atoms. The van der Waals surface area contributed by atoms with Crippen LogP contribution in [-0.4, -0.2) is 5.88 Å². The van der Waals surface area contributed by atoms with Gasteiger partial charge in [-0.15, -0.1) is 11.6 Å². The van der Waals surface area contributed by atoms with E-state index in [1.807, 2.05) is 0 Å². The van der Waals surface area contributed by atoms with Crippen LogP contribution in [0.5, 0.6) is 0 Å². The van der Waals surface area contributed by atoms with Crippen LogP contribution >= 0.6 is 43.5 Å². The van der Waals surface area contributed by atoms with Gasteiger partial charge in [-0.05, 0) is 67.8 Å². The van der Waals surface area contributed by atoms with Crippen LogP contribution in [0.1, 0.15) is 17.9 Å². The Morgan fingerprint density at radius 2 is 2.08 bits per heavy atom. The van der Waals surface area contributed by atoms with Crippen LogP contribution < -0.4 is 0 Å². The van der Waals surface area contributed by atoms with Crippen molar-refractivity contribution >= 4 is 43.5 Å². The van der Waals surface area contributed by atoms with Crippen LogP contribution in [0.25, 0.3) is 0 Å². The number of rotatable bonds is 2. The van der Waals surface area contributed by atoms with Crippen molar-refractivity contribution in [2.45, 2.75) is 12.3 Å². The number of benzene rings is 1. The van der Waals surface area contributed by atoms with E-state index in [9.17, 15) is 0 Å². The van der Waals surface area contributed by atoms with Gasteiger partial charge in [0.15, 0.2) is 0 Å². The Bertz CT molecular complexity index is 325. The normalized spacial score (nSPS) is 26.1. The highest BCUT2D eigenvalue weighted by Crippen LogP contribution is 2.48. The molecule has 1 aliphatic carbocycles. The topological polar surface area (TPSA) is 0 Å². The molecular weight excluding hydrogens is 315 g/mol. The second-order valence-electron chi connectivity index (χ2n) is 3.43. The molecule has 1 aliphatic rings. The number of hydrogen-bond donors (Lipinski definition) is 0. The van der Waals surface area contributed by atoms with Crippen LogP contribution in [0.2, 0.25) is 0 Å². The maximum Gasteiger partial charge on any atom is 0.0320 e. The van der Waals surface area contributed by atoms with Crippen molar-refractivity contribution in [1.82, 2.24) is 0 Å². The summed E-state index contributed by atoms with van der Waals surface area (Å²) in [5, 5.41) is 0. The van der Waals surface area contributed by atoms with E-state index in [0.717, 1.165) is 14.8 Å². The first kappa shape index (κ1) is 10.0. The quantitative estimate of drug-likeness (QED) is 0.700. The van der Waals surface area contributed by atoms with Crippen molar-refractivity contribution in [2.24, 2.45) is 5.92 Å². The van der Waals surface area contributed by atoms with Gasteiger partial charge in [-0.2, -0.15) is 0 Å². The lowest BCUT2D eigenvalue weighted by Crippen LogP contribution is -1.84. The minimum absolute atomic E-state index is 0.696. The summed E-state index contributed by atoms with van der Waals surface area (Å²) in [6.45, 7) is 0. The average molecular weight is 324 g/mol. The molecular formula is C10H9Br2Cl. The Balaban J connectivity index is 2.19. The van der Waals surface area contributed by atoms with Gasteiger partial charge in [0, 0.05) is 14.8 Å². The summed E-state index contributed by atoms with van der Waals surface area (Å²) in [5.74, 6) is 2.19. The van der Waals surface area contributed by atoms with Crippen molar-refractivity contribution in [1.29, 1.82) is 0 Å². The molecule has 0 aromatic heterocycles. The highest BCUT2D eigenvalue weighted by molar-refractivity contribution is 9.13. The van der Waals surface area contributed by atoms with E-state index in [2.05, 4.69) is 50.1 Å². The van der Waals surface area contributed by atoms with Crippen LogP contribution in [0, 0.1) is 5.92 Å². The molecule has 13 heavy (non-hydrogen) atoms. The summed E-state index contributed by atoms with van der Waals surface area (Å²) in [6.07, 6.45) is 1.25. The van der Waals surface area contributed by atoms with Crippen molar-refractivity contribution < 1.29 is 0 Å². The van der Waals surface area contributed by atoms with Gasteiger partial charge in [-0.1, -0.05) is 6.07 Å². The summed E-state index contributed by atoms with van der Waals surface area (Å²) < 4.78 is 2.24. The first-order chi connectivity index (χ1) is 6.22. The molecule has 2 unspecified atom stereocenters. The van der Waals surface area contributed by atoms with Gasteiger partial charge in [0.1, 0.15) is 0 Å². The fraction of sp³-hybridized carbons (Fsp3) is 0.400. The molecule has 3 heteroatoms. The smallest absolute Gasteiger partial charge is 0.0320 e. The van der Waals surface area contributed by atoms with Crippen molar-refractivity contribution in [3.05, 3.63) is 32.7 Å². The standard InChI is InChI=1S/C10H9Br2Cl/c11-9-2-1-6(4-10(9)12)8-3-7(8)5-13/h1-2,4,7-8H,3,5H2. The number of halogens is 3. The van der Waals surface area contributed by atoms with E-state index in [1.54, 1.807) is 0 Å². The maximum atomic E-state index is 5.79. The zero-order valence-corrected chi connectivity index (χ0v) is 10.9. The molecule has 0 saturated heterocycles. The molecule has 2 atom stereocenters. The van der Waals surface area contributed by atoms with Crippen molar-refractivity contribution in [2.75, 3.05) is 5.88 Å². The van der Waals surface area contributed by atoms with Crippen molar-refractivity contribution in [3.8, 4) is 0 Å². The summed E-state index contributed by atoms with van der Waals surface area (Å²) in [7, 11) is 0. The van der Waals surface area contributed by atoms with E-state index in [-0.39, 0.29) is 0 Å². The summed E-state index contributed by atoms with van der Waals surface area (Å²) in [4.78, 5) is 0. The SMILES string of the molecule is ClCC1CC1c1ccc(Br)c(Br)c1. The molecule has 0 N–H and O–H groups in total. The molecule has 0 nitrogen and oxygen atoms in total. The molecule has 0 amide bonds. The van der Waals surface area contributed by atoms with Gasteiger partial charge in [0.25, 0.3) is 0 Å². The molecule has 0 heterocycles. The Hall–Kier alpha value is 0.470. The minimum atomic E-state index is 0.696. The number of hydrogen-bond acceptors (Lipinski definition) is 0. The zero-order chi connectivity index (χ0) is 9.42. The van der Waals surface area contributed by atoms with Gasteiger partial charge >= 0.3 is 0 Å². The van der Waals surface area contributed by atoms with Crippen LogP contribution in [-0.2, 0) is 0 Å². The van der Waals surface area contributed by atoms with E-state index < -0.39 is 0 Å². The average Bonchev–Trinajstić information content (AvgIpc) is 2.88. The highest BCUT2D eigenvalue weighted by Gasteiger charge is 2.37. The molecule has 0 spiro atoms. The van der Waals surface area contributed by atoms with E-state index in [0.29, 0.717) is 11.8 Å². The Kier molecular flexibility index (Phi) is 3.01. The van der Waals surface area contributed by atoms with Crippen LogP contribution in [0.15, 0.2) is 27.1 Å². The molecule has 1 aromatic rings. The summed E-state index contributed by atoms with van der Waals surface area (Å²) in [6, 6.07) is 6.44. The predicted octanol–water partition coefficient (Wildman–Crippen LogP) is 4.55. The first-order valence-corrected chi connectivity index (χ1v) is 6.35. The van der Waals surface area contributed by atoms with Gasteiger partial charge in [-0.3, -0.25) is 0 Å². The van der Waals surface area contributed by atoms with E-state index >= 15 is 0 Å². The van der Waals surface area contributed by atoms with Gasteiger partial charge in [0.2, 0.25) is 0 Å². The largest absolute Gasteiger partial charge is 0.126 e. The maximum absolute atomic E-state index is 5.79. The summed E-state index contributed by atoms with van der Waals surface area (Å²) in [5.41, 5.74) is 1.40. The minimum Gasteiger partial charge on any atom is -0.126 e. The second kappa shape index (κ2) is 3.92. The third-order valence-corrected chi connectivity index (χ3v) is 4.77. The Morgan fingerprint density at radius 1 is 1.31 bits per heavy atom. The third-order valence-electron chi connectivity index (χ3n) is 2.49. The molecule has 1 aromatic carbocycles. The third kappa shape index (κ3) is 2.11. The van der Waals surface area contributed by atoms with Gasteiger partial charge < -0.3 is 0 Å². The van der Waals surface area contributed by atoms with Crippen molar-refractivity contribution in [3.63, 3.8) is 0 Å². The lowest BCUT2D eigenvalue weighted by atomic mass is 10.1. The molecule has 1 saturated carbocycles. The van der Waals surface area contributed by atoms with Crippen LogP contribution in [0.3, 0.4) is 0 Å². The monoisotopic (exact) mass is 322 g/mol.